The molecule has 0 aliphatic carbocycles. The Morgan fingerprint density at radius 1 is 1.00 bits per heavy atom. The van der Waals surface area contributed by atoms with Crippen LogP contribution in [0.4, 0.5) is 0 Å². The molecule has 0 amide bonds. The molecule has 9 heteroatoms. The first-order valence-electron chi connectivity index (χ1n) is 9.46. The highest BCUT2D eigenvalue weighted by Gasteiger charge is 2.18. The third kappa shape index (κ3) is 4.89. The summed E-state index contributed by atoms with van der Waals surface area (Å²) in [5.41, 5.74) is -0.143. The topological polar surface area (TPSA) is 106 Å². The van der Waals surface area contributed by atoms with E-state index in [9.17, 15) is 14.4 Å². The van der Waals surface area contributed by atoms with Crippen LogP contribution in [-0.4, -0.2) is 41.5 Å². The van der Waals surface area contributed by atoms with Gasteiger partial charge in [0.2, 0.25) is 6.79 Å². The van der Waals surface area contributed by atoms with Crippen LogP contribution < -0.4 is 19.8 Å². The van der Waals surface area contributed by atoms with E-state index in [-0.39, 0.29) is 31.2 Å². The van der Waals surface area contributed by atoms with Crippen molar-refractivity contribution in [3.63, 3.8) is 0 Å². The number of hydrogen-bond acceptors (Lipinski definition) is 8. The first-order valence-corrected chi connectivity index (χ1v) is 9.46. The van der Waals surface area contributed by atoms with Gasteiger partial charge < -0.3 is 18.9 Å². The molecule has 0 radical (unpaired) electrons. The molecule has 31 heavy (non-hydrogen) atoms. The van der Waals surface area contributed by atoms with Crippen LogP contribution in [0.25, 0.3) is 0 Å². The lowest BCUT2D eigenvalue weighted by Crippen LogP contribution is -2.27. The van der Waals surface area contributed by atoms with E-state index in [4.69, 9.17) is 18.9 Å². The lowest BCUT2D eigenvalue weighted by Gasteiger charge is -2.09. The third-order valence-corrected chi connectivity index (χ3v) is 4.42. The number of ether oxygens (including phenoxy) is 4. The predicted octanol–water partition coefficient (Wildman–Crippen LogP) is 2.09. The van der Waals surface area contributed by atoms with Crippen molar-refractivity contribution in [2.75, 3.05) is 20.0 Å². The highest BCUT2D eigenvalue weighted by molar-refractivity contribution is 5.99. The molecule has 1 aliphatic rings. The molecular weight excluding hydrogens is 404 g/mol. The van der Waals surface area contributed by atoms with Crippen LogP contribution in [0.5, 0.6) is 17.2 Å². The molecule has 0 fully saturated rings. The first kappa shape index (κ1) is 20.1. The van der Waals surface area contributed by atoms with Gasteiger partial charge in [-0.3, -0.25) is 9.59 Å². The molecule has 158 valence electrons. The number of benzene rings is 2. The smallest absolute Gasteiger partial charge is 0.359 e. The Morgan fingerprint density at radius 3 is 2.65 bits per heavy atom. The maximum Gasteiger partial charge on any atom is 0.359 e. The number of para-hydroxylation sites is 1. The van der Waals surface area contributed by atoms with E-state index in [1.165, 1.54) is 18.2 Å². The summed E-state index contributed by atoms with van der Waals surface area (Å²) in [7, 11) is 0. The Balaban J connectivity index is 1.34. The van der Waals surface area contributed by atoms with E-state index in [1.807, 2.05) is 18.2 Å². The fourth-order valence-corrected chi connectivity index (χ4v) is 2.84. The van der Waals surface area contributed by atoms with Crippen LogP contribution in [0.15, 0.2) is 65.5 Å². The van der Waals surface area contributed by atoms with E-state index >= 15 is 0 Å². The van der Waals surface area contributed by atoms with Gasteiger partial charge in [0, 0.05) is 11.6 Å². The van der Waals surface area contributed by atoms with Crippen molar-refractivity contribution in [2.24, 2.45) is 0 Å². The Hall–Kier alpha value is -4.14. The quantitative estimate of drug-likeness (QED) is 0.401. The van der Waals surface area contributed by atoms with Crippen LogP contribution in [0.1, 0.15) is 20.8 Å². The maximum absolute atomic E-state index is 12.3. The number of carbonyl (C=O) groups excluding carboxylic acids is 2. The van der Waals surface area contributed by atoms with Gasteiger partial charge in [-0.05, 0) is 36.4 Å². The van der Waals surface area contributed by atoms with E-state index in [1.54, 1.807) is 24.3 Å². The summed E-state index contributed by atoms with van der Waals surface area (Å²) in [6, 6.07) is 16.3. The van der Waals surface area contributed by atoms with E-state index in [0.717, 1.165) is 4.68 Å². The summed E-state index contributed by atoms with van der Waals surface area (Å²) in [5.74, 6) is 0.455. The third-order valence-electron chi connectivity index (χ3n) is 4.42. The number of nitrogens with zero attached hydrogens (tertiary/aromatic N) is 2. The summed E-state index contributed by atoms with van der Waals surface area (Å²) in [5, 5.41) is 4.00. The summed E-state index contributed by atoms with van der Waals surface area (Å²) in [6.45, 7) is -0.0425. The molecule has 0 spiro atoms. The number of ketones is 1. The standard InChI is InChI=1S/C22H18N2O7/c25-18(15-6-8-19-20(12-15)31-14-30-19)13-29-22(27)17-7-9-21(26)24(23-17)10-11-28-16-4-2-1-3-5-16/h1-9,12H,10-11,13-14H2. The molecule has 4 rings (SSSR count). The summed E-state index contributed by atoms with van der Waals surface area (Å²) < 4.78 is 22.2. The van der Waals surface area contributed by atoms with Crippen molar-refractivity contribution < 1.29 is 28.5 Å². The minimum Gasteiger partial charge on any atom is -0.492 e. The van der Waals surface area contributed by atoms with Crippen molar-refractivity contribution in [1.82, 2.24) is 9.78 Å². The van der Waals surface area contributed by atoms with Gasteiger partial charge in [-0.1, -0.05) is 18.2 Å². The molecular formula is C22H18N2O7. The minimum atomic E-state index is -0.813. The summed E-state index contributed by atoms with van der Waals surface area (Å²) >= 11 is 0. The van der Waals surface area contributed by atoms with Gasteiger partial charge >= 0.3 is 5.97 Å². The van der Waals surface area contributed by atoms with Gasteiger partial charge in [-0.2, -0.15) is 5.10 Å². The minimum absolute atomic E-state index is 0.0854. The molecule has 1 aromatic heterocycles. The lowest BCUT2D eigenvalue weighted by molar-refractivity contribution is 0.0466. The van der Waals surface area contributed by atoms with Gasteiger partial charge in [0.15, 0.2) is 29.6 Å². The second kappa shape index (κ2) is 9.12. The van der Waals surface area contributed by atoms with Crippen LogP contribution in [-0.2, 0) is 11.3 Å². The van der Waals surface area contributed by atoms with Crippen molar-refractivity contribution in [2.45, 2.75) is 6.54 Å². The fourth-order valence-electron chi connectivity index (χ4n) is 2.84. The van der Waals surface area contributed by atoms with E-state index < -0.39 is 18.4 Å². The van der Waals surface area contributed by atoms with Gasteiger partial charge in [0.05, 0.1) is 6.54 Å². The zero-order valence-corrected chi connectivity index (χ0v) is 16.4. The van der Waals surface area contributed by atoms with Crippen molar-refractivity contribution >= 4 is 11.8 Å². The lowest BCUT2D eigenvalue weighted by atomic mass is 10.1. The maximum atomic E-state index is 12.3. The van der Waals surface area contributed by atoms with E-state index in [2.05, 4.69) is 5.10 Å². The number of carbonyl (C=O) groups is 2. The average molecular weight is 422 g/mol. The Morgan fingerprint density at radius 2 is 1.81 bits per heavy atom. The molecule has 0 N–H and O–H groups in total. The number of aromatic nitrogens is 2. The molecule has 9 nitrogen and oxygen atoms in total. The number of fused-ring (bicyclic) bond motifs is 1. The van der Waals surface area contributed by atoms with Crippen molar-refractivity contribution in [1.29, 1.82) is 0 Å². The van der Waals surface area contributed by atoms with E-state index in [0.29, 0.717) is 22.8 Å². The largest absolute Gasteiger partial charge is 0.492 e. The van der Waals surface area contributed by atoms with Gasteiger partial charge in [0.25, 0.3) is 5.56 Å². The molecule has 1 aliphatic heterocycles. The van der Waals surface area contributed by atoms with Crippen LogP contribution in [0.3, 0.4) is 0 Å². The first-order chi connectivity index (χ1) is 15.1. The van der Waals surface area contributed by atoms with Gasteiger partial charge in [-0.25, -0.2) is 9.48 Å². The van der Waals surface area contributed by atoms with Crippen molar-refractivity contribution in [3.8, 4) is 17.2 Å². The number of rotatable bonds is 8. The van der Waals surface area contributed by atoms with Crippen molar-refractivity contribution in [3.05, 3.63) is 82.3 Å². The molecule has 0 bridgehead atoms. The average Bonchev–Trinajstić information content (AvgIpc) is 3.27. The fraction of sp³-hybridized carbons (Fsp3) is 0.182. The van der Waals surface area contributed by atoms with Crippen LogP contribution in [0.2, 0.25) is 0 Å². The second-order valence-electron chi connectivity index (χ2n) is 6.51. The van der Waals surface area contributed by atoms with Crippen LogP contribution in [0, 0.1) is 0 Å². The Bertz CT molecular complexity index is 1160. The zero-order chi connectivity index (χ0) is 21.6. The second-order valence-corrected chi connectivity index (χ2v) is 6.51. The number of esters is 1. The van der Waals surface area contributed by atoms with Gasteiger partial charge in [0.1, 0.15) is 12.4 Å². The normalized spacial score (nSPS) is 11.7. The molecule has 2 heterocycles. The predicted molar refractivity (Wildman–Crippen MR) is 108 cm³/mol. The molecule has 2 aromatic carbocycles. The molecule has 0 atom stereocenters. The summed E-state index contributed by atoms with van der Waals surface area (Å²) in [4.78, 5) is 36.6. The molecule has 0 saturated carbocycles. The van der Waals surface area contributed by atoms with Crippen LogP contribution >= 0.6 is 0 Å². The monoisotopic (exact) mass is 422 g/mol. The Labute approximate surface area is 176 Å². The Kier molecular flexibility index (Phi) is 5.93. The highest BCUT2D eigenvalue weighted by Crippen LogP contribution is 2.32. The number of hydrogen-bond donors (Lipinski definition) is 0. The summed E-state index contributed by atoms with van der Waals surface area (Å²) in [6.07, 6.45) is 0. The number of Topliss-reactive ketones (excluding diaryl/α,β-unsaturated/α-hetero) is 1. The molecule has 3 aromatic rings. The zero-order valence-electron chi connectivity index (χ0n) is 16.4. The SMILES string of the molecule is O=C(COC(=O)c1ccc(=O)n(CCOc2ccccc2)n1)c1ccc2c(c1)OCO2. The highest BCUT2D eigenvalue weighted by atomic mass is 16.7. The molecule has 0 unspecified atom stereocenters. The molecule has 0 saturated heterocycles. The van der Waals surface area contributed by atoms with Gasteiger partial charge in [-0.15, -0.1) is 0 Å².